The third-order valence-corrected chi connectivity index (χ3v) is 3.90. The molecule has 0 saturated heterocycles. The van der Waals surface area contributed by atoms with Crippen molar-refractivity contribution in [3.63, 3.8) is 0 Å². The third kappa shape index (κ3) is 4.27. The van der Waals surface area contributed by atoms with Gasteiger partial charge in [0.15, 0.2) is 0 Å². The van der Waals surface area contributed by atoms with Gasteiger partial charge in [0.05, 0.1) is 15.1 Å². The van der Waals surface area contributed by atoms with E-state index in [1.807, 2.05) is 13.0 Å². The summed E-state index contributed by atoms with van der Waals surface area (Å²) in [5.74, 6) is -0.493. The number of carbonyl (C=O) groups is 2. The van der Waals surface area contributed by atoms with E-state index in [1.165, 1.54) is 16.2 Å². The molecule has 0 unspecified atom stereocenters. The second-order valence-electron chi connectivity index (χ2n) is 3.26. The van der Waals surface area contributed by atoms with Crippen LogP contribution in [0.25, 0.3) is 0 Å². The number of rotatable bonds is 5. The maximum Gasteiger partial charge on any atom is 0.325 e. The summed E-state index contributed by atoms with van der Waals surface area (Å²) < 4.78 is 5.89. The topological polar surface area (TPSA) is 46.6 Å². The van der Waals surface area contributed by atoms with E-state index in [0.717, 1.165) is 2.88 Å². The second-order valence-corrected chi connectivity index (χ2v) is 6.07. The van der Waals surface area contributed by atoms with Crippen LogP contribution < -0.4 is 0 Å². The molecule has 1 rings (SSSR count). The van der Waals surface area contributed by atoms with Gasteiger partial charge >= 0.3 is 5.97 Å². The van der Waals surface area contributed by atoms with Gasteiger partial charge in [0.25, 0.3) is 5.91 Å². The SMILES string of the molecule is CCOC(=O)CN(CC)C(=O)c1csc(I)c1. The van der Waals surface area contributed by atoms with Gasteiger partial charge in [-0.05, 0) is 42.5 Å². The Morgan fingerprint density at radius 2 is 2.18 bits per heavy atom. The summed E-state index contributed by atoms with van der Waals surface area (Å²) >= 11 is 3.68. The third-order valence-electron chi connectivity index (χ3n) is 2.11. The van der Waals surface area contributed by atoms with Crippen molar-refractivity contribution >= 4 is 45.8 Å². The first-order chi connectivity index (χ1) is 8.08. The molecule has 0 aliphatic carbocycles. The maximum absolute atomic E-state index is 12.1. The predicted octanol–water partition coefficient (Wildman–Crippen LogP) is 2.38. The molecule has 0 aliphatic heterocycles. The molecule has 0 radical (unpaired) electrons. The van der Waals surface area contributed by atoms with Crippen LogP contribution in [0.15, 0.2) is 11.4 Å². The highest BCUT2D eigenvalue weighted by Crippen LogP contribution is 2.18. The molecule has 0 fully saturated rings. The van der Waals surface area contributed by atoms with Crippen LogP contribution >= 0.6 is 33.9 Å². The van der Waals surface area contributed by atoms with Gasteiger partial charge in [0.2, 0.25) is 0 Å². The normalized spacial score (nSPS) is 10.1. The van der Waals surface area contributed by atoms with E-state index in [0.29, 0.717) is 18.7 Å². The molecule has 0 spiro atoms. The summed E-state index contributed by atoms with van der Waals surface area (Å²) in [6.07, 6.45) is 0. The van der Waals surface area contributed by atoms with Crippen LogP contribution in [0.3, 0.4) is 0 Å². The maximum atomic E-state index is 12.1. The van der Waals surface area contributed by atoms with Gasteiger partial charge in [0.1, 0.15) is 6.54 Å². The largest absolute Gasteiger partial charge is 0.465 e. The molecule has 1 aromatic rings. The van der Waals surface area contributed by atoms with E-state index < -0.39 is 0 Å². The van der Waals surface area contributed by atoms with Crippen LogP contribution in [0.2, 0.25) is 0 Å². The number of thiophene rings is 1. The van der Waals surface area contributed by atoms with Gasteiger partial charge in [-0.1, -0.05) is 0 Å². The first-order valence-corrected chi connectivity index (χ1v) is 7.23. The number of esters is 1. The van der Waals surface area contributed by atoms with Gasteiger partial charge in [-0.3, -0.25) is 9.59 Å². The van der Waals surface area contributed by atoms with E-state index in [4.69, 9.17) is 4.74 Å². The standard InChI is InChI=1S/C11H14INO3S/c1-3-13(6-10(14)16-4-2)11(15)8-5-9(12)17-7-8/h5,7H,3-4,6H2,1-2H3. The zero-order valence-corrected chi connectivity index (χ0v) is 12.7. The van der Waals surface area contributed by atoms with Crippen molar-refractivity contribution in [2.45, 2.75) is 13.8 Å². The number of likely N-dealkylation sites (N-methyl/N-ethyl adjacent to an activating group) is 1. The molecule has 1 heterocycles. The highest BCUT2D eigenvalue weighted by molar-refractivity contribution is 14.1. The number of amides is 1. The van der Waals surface area contributed by atoms with Gasteiger partial charge in [-0.25, -0.2) is 0 Å². The fourth-order valence-electron chi connectivity index (χ4n) is 1.29. The van der Waals surface area contributed by atoms with E-state index in [1.54, 1.807) is 12.3 Å². The van der Waals surface area contributed by atoms with Crippen molar-refractivity contribution in [3.05, 3.63) is 19.9 Å². The van der Waals surface area contributed by atoms with Crippen LogP contribution in [0.1, 0.15) is 24.2 Å². The Hall–Kier alpha value is -0.630. The molecule has 0 bridgehead atoms. The Balaban J connectivity index is 2.67. The Morgan fingerprint density at radius 1 is 1.47 bits per heavy atom. The minimum Gasteiger partial charge on any atom is -0.465 e. The summed E-state index contributed by atoms with van der Waals surface area (Å²) in [5.41, 5.74) is 0.630. The molecule has 0 N–H and O–H groups in total. The van der Waals surface area contributed by atoms with E-state index in [9.17, 15) is 9.59 Å². The van der Waals surface area contributed by atoms with Crippen molar-refractivity contribution in [3.8, 4) is 0 Å². The molecule has 1 amide bonds. The first-order valence-electron chi connectivity index (χ1n) is 5.27. The lowest BCUT2D eigenvalue weighted by Crippen LogP contribution is -2.36. The first kappa shape index (κ1) is 14.4. The summed E-state index contributed by atoms with van der Waals surface area (Å²) in [6, 6.07) is 1.82. The van der Waals surface area contributed by atoms with Crippen molar-refractivity contribution in [1.29, 1.82) is 0 Å². The zero-order valence-electron chi connectivity index (χ0n) is 9.73. The molecule has 0 atom stereocenters. The summed E-state index contributed by atoms with van der Waals surface area (Å²) in [5, 5.41) is 1.80. The lowest BCUT2D eigenvalue weighted by molar-refractivity contribution is -0.143. The predicted molar refractivity (Wildman–Crippen MR) is 75.2 cm³/mol. The smallest absolute Gasteiger partial charge is 0.325 e. The minimum atomic E-state index is -0.368. The van der Waals surface area contributed by atoms with Crippen LogP contribution in [-0.2, 0) is 9.53 Å². The monoisotopic (exact) mass is 367 g/mol. The molecule has 94 valence electrons. The quantitative estimate of drug-likeness (QED) is 0.593. The second kappa shape index (κ2) is 6.95. The average molecular weight is 367 g/mol. The van der Waals surface area contributed by atoms with Gasteiger partial charge in [-0.2, -0.15) is 0 Å². The van der Waals surface area contributed by atoms with Gasteiger partial charge < -0.3 is 9.64 Å². The molecule has 0 saturated carbocycles. The van der Waals surface area contributed by atoms with E-state index >= 15 is 0 Å². The van der Waals surface area contributed by atoms with Crippen molar-refractivity contribution in [2.24, 2.45) is 0 Å². The van der Waals surface area contributed by atoms with Crippen LogP contribution in [0.5, 0.6) is 0 Å². The van der Waals surface area contributed by atoms with Crippen LogP contribution in [0, 0.1) is 2.88 Å². The molecule has 6 heteroatoms. The fraction of sp³-hybridized carbons (Fsp3) is 0.455. The molecule has 17 heavy (non-hydrogen) atoms. The molecule has 0 aliphatic rings. The number of hydrogen-bond acceptors (Lipinski definition) is 4. The van der Waals surface area contributed by atoms with Gasteiger partial charge in [0, 0.05) is 11.9 Å². The number of nitrogens with zero attached hydrogens (tertiary/aromatic N) is 1. The average Bonchev–Trinajstić information content (AvgIpc) is 2.72. The Kier molecular flexibility index (Phi) is 5.90. The lowest BCUT2D eigenvalue weighted by Gasteiger charge is -2.18. The summed E-state index contributed by atoms with van der Waals surface area (Å²) in [4.78, 5) is 24.9. The van der Waals surface area contributed by atoms with Crippen LogP contribution in [-0.4, -0.2) is 36.5 Å². The highest BCUT2D eigenvalue weighted by Gasteiger charge is 2.18. The number of halogens is 1. The molecule has 1 aromatic heterocycles. The fourth-order valence-corrected chi connectivity index (χ4v) is 2.61. The molecule has 0 aromatic carbocycles. The highest BCUT2D eigenvalue weighted by atomic mass is 127. The minimum absolute atomic E-state index is 0.00952. The van der Waals surface area contributed by atoms with Crippen molar-refractivity contribution in [2.75, 3.05) is 19.7 Å². The van der Waals surface area contributed by atoms with E-state index in [2.05, 4.69) is 22.6 Å². The summed E-state index contributed by atoms with van der Waals surface area (Å²) in [7, 11) is 0. The van der Waals surface area contributed by atoms with E-state index in [-0.39, 0.29) is 18.4 Å². The Labute approximate surface area is 118 Å². The van der Waals surface area contributed by atoms with Crippen molar-refractivity contribution in [1.82, 2.24) is 4.90 Å². The Morgan fingerprint density at radius 3 is 2.65 bits per heavy atom. The van der Waals surface area contributed by atoms with Gasteiger partial charge in [-0.15, -0.1) is 11.3 Å². The number of carbonyl (C=O) groups excluding carboxylic acids is 2. The molecular formula is C11H14INO3S. The Bertz CT molecular complexity index is 405. The number of hydrogen-bond donors (Lipinski definition) is 0. The number of ether oxygens (including phenoxy) is 1. The molecule has 4 nitrogen and oxygen atoms in total. The summed E-state index contributed by atoms with van der Waals surface area (Å²) in [6.45, 7) is 4.42. The lowest BCUT2D eigenvalue weighted by atomic mass is 10.3. The van der Waals surface area contributed by atoms with Crippen molar-refractivity contribution < 1.29 is 14.3 Å². The van der Waals surface area contributed by atoms with Crippen LogP contribution in [0.4, 0.5) is 0 Å². The zero-order chi connectivity index (χ0) is 12.8. The molecular weight excluding hydrogens is 353 g/mol.